The summed E-state index contributed by atoms with van der Waals surface area (Å²) in [5.74, 6) is 0.546. The molecule has 0 radical (unpaired) electrons. The van der Waals surface area contributed by atoms with E-state index in [-0.39, 0.29) is 40.6 Å². The van der Waals surface area contributed by atoms with Crippen LogP contribution >= 0.6 is 0 Å². The number of piperidine rings is 2. The van der Waals surface area contributed by atoms with Gasteiger partial charge in [0.25, 0.3) is 0 Å². The maximum atomic E-state index is 12.4. The smallest absolute Gasteiger partial charge is 0.410 e. The topological polar surface area (TPSA) is 134 Å². The zero-order valence-electron chi connectivity index (χ0n) is 26.7. The number of nitrogens with one attached hydrogen (secondary N) is 1. The number of hydrogen-bond donors (Lipinski definition) is 3. The molecule has 10 nitrogen and oxygen atoms in total. The summed E-state index contributed by atoms with van der Waals surface area (Å²) in [5.41, 5.74) is 14.4. The molecule has 4 unspecified atom stereocenters. The van der Waals surface area contributed by atoms with Gasteiger partial charge in [0.15, 0.2) is 0 Å². The van der Waals surface area contributed by atoms with Gasteiger partial charge in [-0.1, -0.05) is 30.3 Å². The summed E-state index contributed by atoms with van der Waals surface area (Å²) in [5, 5.41) is 3.42. The lowest BCUT2D eigenvalue weighted by molar-refractivity contribution is -0.130. The molecule has 5 N–H and O–H groups in total. The summed E-state index contributed by atoms with van der Waals surface area (Å²) in [6.45, 7) is 3.82. The SMILES string of the molecule is CN1C(=O)CCC12CC(N)C1(CCN(C(=O)OCc3ccccc3)CC1)C2.CN1C(=O)CCC12CC(N)C1(CCNCC1)C2. The van der Waals surface area contributed by atoms with Gasteiger partial charge in [0.05, 0.1) is 0 Å². The maximum Gasteiger partial charge on any atom is 0.410 e. The van der Waals surface area contributed by atoms with Gasteiger partial charge < -0.3 is 36.2 Å². The highest BCUT2D eigenvalue weighted by atomic mass is 16.6. The van der Waals surface area contributed by atoms with Gasteiger partial charge in [0.2, 0.25) is 11.8 Å². The Hall–Kier alpha value is -2.69. The van der Waals surface area contributed by atoms with Gasteiger partial charge >= 0.3 is 6.09 Å². The van der Waals surface area contributed by atoms with Gasteiger partial charge in [0.1, 0.15) is 6.61 Å². The zero-order valence-corrected chi connectivity index (χ0v) is 26.7. The largest absolute Gasteiger partial charge is 0.445 e. The van der Waals surface area contributed by atoms with Crippen LogP contribution < -0.4 is 16.8 Å². The van der Waals surface area contributed by atoms with Crippen molar-refractivity contribution in [2.75, 3.05) is 40.3 Å². The summed E-state index contributed by atoms with van der Waals surface area (Å²) < 4.78 is 5.47. The minimum absolute atomic E-state index is 0.0368. The lowest BCUT2D eigenvalue weighted by Crippen LogP contribution is -2.48. The molecule has 4 heterocycles. The molecule has 7 rings (SSSR count). The number of nitrogens with zero attached hydrogens (tertiary/aromatic N) is 3. The molecule has 4 spiro atoms. The Kier molecular flexibility index (Phi) is 8.47. The van der Waals surface area contributed by atoms with Crippen LogP contribution in [-0.2, 0) is 20.9 Å². The van der Waals surface area contributed by atoms with Crippen molar-refractivity contribution < 1.29 is 19.1 Å². The first-order valence-electron chi connectivity index (χ1n) is 16.7. The van der Waals surface area contributed by atoms with E-state index in [2.05, 4.69) is 5.32 Å². The molecule has 2 saturated carbocycles. The van der Waals surface area contributed by atoms with Crippen LogP contribution in [0.15, 0.2) is 30.3 Å². The number of amides is 3. The van der Waals surface area contributed by atoms with Crippen molar-refractivity contribution in [3.8, 4) is 0 Å². The van der Waals surface area contributed by atoms with Gasteiger partial charge in [-0.3, -0.25) is 9.59 Å². The quantitative estimate of drug-likeness (QED) is 0.470. The molecule has 4 aliphatic heterocycles. The molecular formula is C34H52N6O4. The molecule has 4 saturated heterocycles. The first-order chi connectivity index (χ1) is 21.0. The highest BCUT2D eigenvalue weighted by molar-refractivity contribution is 5.80. The van der Waals surface area contributed by atoms with Crippen LogP contribution in [0.5, 0.6) is 0 Å². The Morgan fingerprint density at radius 2 is 1.32 bits per heavy atom. The van der Waals surface area contributed by atoms with E-state index in [0.29, 0.717) is 37.4 Å². The molecule has 6 fully saturated rings. The molecule has 10 heteroatoms. The predicted molar refractivity (Wildman–Crippen MR) is 168 cm³/mol. The van der Waals surface area contributed by atoms with E-state index in [9.17, 15) is 14.4 Å². The van der Waals surface area contributed by atoms with E-state index in [0.717, 1.165) is 76.4 Å². The van der Waals surface area contributed by atoms with E-state index >= 15 is 0 Å². The van der Waals surface area contributed by atoms with Gasteiger partial charge in [-0.25, -0.2) is 4.79 Å². The monoisotopic (exact) mass is 608 g/mol. The summed E-state index contributed by atoms with van der Waals surface area (Å²) >= 11 is 0. The summed E-state index contributed by atoms with van der Waals surface area (Å²) in [4.78, 5) is 42.0. The fourth-order valence-corrected chi connectivity index (χ4v) is 9.70. The third-order valence-electron chi connectivity index (χ3n) is 12.7. The van der Waals surface area contributed by atoms with Crippen LogP contribution in [0.1, 0.15) is 82.6 Å². The number of carbonyl (C=O) groups is 3. The minimum Gasteiger partial charge on any atom is -0.445 e. The van der Waals surface area contributed by atoms with Crippen LogP contribution in [0, 0.1) is 10.8 Å². The predicted octanol–water partition coefficient (Wildman–Crippen LogP) is 2.99. The van der Waals surface area contributed by atoms with Crippen molar-refractivity contribution in [3.63, 3.8) is 0 Å². The fraction of sp³-hybridized carbons (Fsp3) is 0.735. The number of carbonyl (C=O) groups excluding carboxylic acids is 3. The lowest BCUT2D eigenvalue weighted by Gasteiger charge is -2.42. The minimum atomic E-state index is -0.247. The van der Waals surface area contributed by atoms with E-state index in [1.165, 1.54) is 12.8 Å². The van der Waals surface area contributed by atoms with Crippen LogP contribution in [0.2, 0.25) is 0 Å². The van der Waals surface area contributed by atoms with E-state index < -0.39 is 0 Å². The highest BCUT2D eigenvalue weighted by Gasteiger charge is 2.59. The molecule has 0 aromatic heterocycles. The van der Waals surface area contributed by atoms with Gasteiger partial charge in [-0.2, -0.15) is 0 Å². The van der Waals surface area contributed by atoms with Gasteiger partial charge in [-0.15, -0.1) is 0 Å². The summed E-state index contributed by atoms with van der Waals surface area (Å²) in [7, 11) is 3.90. The standard InChI is InChI=1S/C21H29N3O3.C13H23N3O/c1-23-18(25)7-8-21(23)13-17(22)20(15-21)9-11-24(12-10-20)19(26)27-14-16-5-3-2-4-6-16;1-16-11(17)2-3-13(16)8-10(14)12(9-13)4-6-15-7-5-12/h2-6,17H,7-15,22H2,1H3;10,15H,2-9,14H2,1H3. The first kappa shape index (κ1) is 31.3. The van der Waals surface area contributed by atoms with E-state index in [4.69, 9.17) is 16.2 Å². The molecule has 6 aliphatic rings. The molecule has 242 valence electrons. The van der Waals surface area contributed by atoms with Crippen LogP contribution in [0.4, 0.5) is 4.79 Å². The fourth-order valence-electron chi connectivity index (χ4n) is 9.70. The number of rotatable bonds is 2. The molecule has 4 atom stereocenters. The number of likely N-dealkylation sites (tertiary alicyclic amines) is 3. The normalized spacial score (nSPS) is 34.0. The van der Waals surface area contributed by atoms with Crippen molar-refractivity contribution in [1.29, 1.82) is 0 Å². The first-order valence-corrected chi connectivity index (χ1v) is 16.7. The summed E-state index contributed by atoms with van der Waals surface area (Å²) in [6.07, 6.45) is 11.2. The van der Waals surface area contributed by atoms with Gasteiger partial charge in [-0.05, 0) is 93.7 Å². The van der Waals surface area contributed by atoms with Crippen molar-refractivity contribution in [3.05, 3.63) is 35.9 Å². The number of nitrogens with two attached hydrogens (primary N) is 2. The van der Waals surface area contributed by atoms with Gasteiger partial charge in [0, 0.05) is 63.2 Å². The molecule has 0 bridgehead atoms. The second kappa shape index (κ2) is 11.9. The van der Waals surface area contributed by atoms with Crippen molar-refractivity contribution in [2.24, 2.45) is 22.3 Å². The molecule has 1 aromatic rings. The molecule has 3 amide bonds. The molecule has 44 heavy (non-hydrogen) atoms. The Labute approximate surface area is 262 Å². The Morgan fingerprint density at radius 1 is 0.818 bits per heavy atom. The maximum absolute atomic E-state index is 12.4. The van der Waals surface area contributed by atoms with Crippen LogP contribution in [0.25, 0.3) is 0 Å². The molecular weight excluding hydrogens is 556 g/mol. The molecule has 2 aliphatic carbocycles. The average Bonchev–Trinajstić information content (AvgIpc) is 3.67. The Bertz CT molecular complexity index is 1230. The highest BCUT2D eigenvalue weighted by Crippen LogP contribution is 2.56. The molecule has 1 aromatic carbocycles. The third-order valence-corrected chi connectivity index (χ3v) is 12.7. The average molecular weight is 609 g/mol. The Morgan fingerprint density at radius 3 is 1.80 bits per heavy atom. The lowest BCUT2D eigenvalue weighted by atomic mass is 9.73. The van der Waals surface area contributed by atoms with Crippen LogP contribution in [0.3, 0.4) is 0 Å². The second-order valence-corrected chi connectivity index (χ2v) is 14.8. The zero-order chi connectivity index (χ0) is 31.2. The number of ether oxygens (including phenoxy) is 1. The third kappa shape index (κ3) is 5.51. The van der Waals surface area contributed by atoms with Crippen molar-refractivity contribution in [2.45, 2.75) is 107 Å². The van der Waals surface area contributed by atoms with E-state index in [1.54, 1.807) is 4.90 Å². The van der Waals surface area contributed by atoms with Crippen molar-refractivity contribution >= 4 is 17.9 Å². The summed E-state index contributed by atoms with van der Waals surface area (Å²) in [6, 6.07) is 10.1. The van der Waals surface area contributed by atoms with Crippen molar-refractivity contribution in [1.82, 2.24) is 20.0 Å². The van der Waals surface area contributed by atoms with E-state index in [1.807, 2.05) is 54.2 Å². The Balaban J connectivity index is 0.000000173. The van der Waals surface area contributed by atoms with Crippen LogP contribution in [-0.4, -0.2) is 96.0 Å². The number of hydrogen-bond acceptors (Lipinski definition) is 7. The second-order valence-electron chi connectivity index (χ2n) is 14.8. The number of benzene rings is 1.